The summed E-state index contributed by atoms with van der Waals surface area (Å²) in [7, 11) is 3.17. The molecule has 7 nitrogen and oxygen atoms in total. The van der Waals surface area contributed by atoms with Gasteiger partial charge in [0.15, 0.2) is 5.13 Å². The highest BCUT2D eigenvalue weighted by molar-refractivity contribution is 7.22. The second kappa shape index (κ2) is 10.3. The number of fused-ring (bicyclic) bond motifs is 1. The Morgan fingerprint density at radius 3 is 2.53 bits per heavy atom. The number of hydrogen-bond acceptors (Lipinski definition) is 7. The highest BCUT2D eigenvalue weighted by Crippen LogP contribution is 2.32. The molecule has 32 heavy (non-hydrogen) atoms. The average molecular weight is 456 g/mol. The van der Waals surface area contributed by atoms with Crippen LogP contribution in [0.5, 0.6) is 11.5 Å². The normalized spacial score (nSPS) is 14.5. The summed E-state index contributed by atoms with van der Waals surface area (Å²) in [5, 5.41) is 0.711. The smallest absolute Gasteiger partial charge is 0.260 e. The van der Waals surface area contributed by atoms with E-state index in [4.69, 9.17) is 19.2 Å². The quantitative estimate of drug-likeness (QED) is 0.512. The molecule has 0 unspecified atom stereocenters. The second-order valence-electron chi connectivity index (χ2n) is 7.78. The van der Waals surface area contributed by atoms with Crippen LogP contribution in [0, 0.1) is 6.92 Å². The largest absolute Gasteiger partial charge is 0.497 e. The number of methoxy groups -OCH3 is 2. The van der Waals surface area contributed by atoms with Gasteiger partial charge in [0, 0.05) is 37.8 Å². The summed E-state index contributed by atoms with van der Waals surface area (Å²) in [6, 6.07) is 11.4. The molecule has 1 fully saturated rings. The number of aryl methyl sites for hydroxylation is 1. The number of carbonyl (C=O) groups excluding carboxylic acids is 1. The lowest BCUT2D eigenvalue weighted by molar-refractivity contribution is 0.0376. The fraction of sp³-hybridized carbons (Fsp3) is 0.417. The van der Waals surface area contributed by atoms with E-state index in [1.165, 1.54) is 0 Å². The van der Waals surface area contributed by atoms with Crippen LogP contribution in [0.1, 0.15) is 22.3 Å². The van der Waals surface area contributed by atoms with Crippen molar-refractivity contribution in [3.05, 3.63) is 47.5 Å². The van der Waals surface area contributed by atoms with Crippen molar-refractivity contribution in [3.8, 4) is 11.5 Å². The molecule has 8 heteroatoms. The number of morpholine rings is 1. The SMILES string of the molecule is COc1cc(OC)cc(C(=O)N(CCCN2CCOCC2)c2nc3c(C)cccc3s2)c1. The van der Waals surface area contributed by atoms with E-state index in [1.807, 2.05) is 19.1 Å². The maximum Gasteiger partial charge on any atom is 0.260 e. The Kier molecular flexibility index (Phi) is 7.24. The van der Waals surface area contributed by atoms with Gasteiger partial charge in [0.05, 0.1) is 37.6 Å². The van der Waals surface area contributed by atoms with Crippen molar-refractivity contribution in [2.75, 3.05) is 58.5 Å². The Hall–Kier alpha value is -2.68. The van der Waals surface area contributed by atoms with Gasteiger partial charge < -0.3 is 14.2 Å². The molecule has 0 spiro atoms. The Bertz CT molecular complexity index is 1060. The molecule has 1 saturated heterocycles. The van der Waals surface area contributed by atoms with Crippen LogP contribution in [0.25, 0.3) is 10.2 Å². The van der Waals surface area contributed by atoms with Crippen molar-refractivity contribution in [1.82, 2.24) is 9.88 Å². The number of rotatable bonds is 8. The Balaban J connectivity index is 1.63. The monoisotopic (exact) mass is 455 g/mol. The van der Waals surface area contributed by atoms with E-state index in [2.05, 4.69) is 11.0 Å². The molecule has 2 aromatic carbocycles. The maximum absolute atomic E-state index is 13.7. The second-order valence-corrected chi connectivity index (χ2v) is 8.79. The van der Waals surface area contributed by atoms with Gasteiger partial charge in [-0.2, -0.15) is 0 Å². The molecule has 0 N–H and O–H groups in total. The summed E-state index contributed by atoms with van der Waals surface area (Å²) < 4.78 is 17.3. The van der Waals surface area contributed by atoms with Gasteiger partial charge in [0.25, 0.3) is 5.91 Å². The molecule has 1 aromatic heterocycles. The molecule has 0 bridgehead atoms. The first kappa shape index (κ1) is 22.5. The lowest BCUT2D eigenvalue weighted by Crippen LogP contribution is -2.39. The van der Waals surface area contributed by atoms with Gasteiger partial charge in [0.1, 0.15) is 11.5 Å². The lowest BCUT2D eigenvalue weighted by Gasteiger charge is -2.27. The molecule has 3 aromatic rings. The first-order valence-electron chi connectivity index (χ1n) is 10.8. The minimum Gasteiger partial charge on any atom is -0.497 e. The third-order valence-corrected chi connectivity index (χ3v) is 6.69. The van der Waals surface area contributed by atoms with Gasteiger partial charge in [-0.3, -0.25) is 14.6 Å². The standard InChI is InChI=1S/C24H29N3O4S/c1-17-6-4-7-21-22(17)25-24(32-21)27(9-5-8-26-10-12-31-13-11-26)23(28)18-14-19(29-2)16-20(15-18)30-3/h4,6-7,14-16H,5,8-13H2,1-3H3. The first-order valence-corrected chi connectivity index (χ1v) is 11.6. The van der Waals surface area contributed by atoms with Crippen molar-refractivity contribution in [1.29, 1.82) is 0 Å². The number of ether oxygens (including phenoxy) is 3. The molecule has 0 saturated carbocycles. The molecule has 170 valence electrons. The number of para-hydroxylation sites is 1. The van der Waals surface area contributed by atoms with Crippen molar-refractivity contribution in [2.24, 2.45) is 0 Å². The predicted molar refractivity (Wildman–Crippen MR) is 127 cm³/mol. The van der Waals surface area contributed by atoms with E-state index >= 15 is 0 Å². The summed E-state index contributed by atoms with van der Waals surface area (Å²) in [6.45, 7) is 6.94. The van der Waals surface area contributed by atoms with Crippen molar-refractivity contribution < 1.29 is 19.0 Å². The van der Waals surface area contributed by atoms with Crippen LogP contribution in [-0.2, 0) is 4.74 Å². The van der Waals surface area contributed by atoms with E-state index < -0.39 is 0 Å². The van der Waals surface area contributed by atoms with Crippen LogP contribution < -0.4 is 14.4 Å². The molecule has 0 atom stereocenters. The maximum atomic E-state index is 13.7. The first-order chi connectivity index (χ1) is 15.6. The molecule has 4 rings (SSSR count). The van der Waals surface area contributed by atoms with E-state index in [1.54, 1.807) is 48.7 Å². The molecule has 1 aliphatic rings. The number of carbonyl (C=O) groups is 1. The third-order valence-electron chi connectivity index (χ3n) is 5.64. The average Bonchev–Trinajstić information content (AvgIpc) is 3.27. The van der Waals surface area contributed by atoms with Crippen molar-refractivity contribution in [2.45, 2.75) is 13.3 Å². The fourth-order valence-electron chi connectivity index (χ4n) is 3.84. The third kappa shape index (κ3) is 5.03. The van der Waals surface area contributed by atoms with Crippen LogP contribution in [0.15, 0.2) is 36.4 Å². The Morgan fingerprint density at radius 2 is 1.88 bits per heavy atom. The predicted octanol–water partition coefficient (Wildman–Crippen LogP) is 3.99. The number of anilines is 1. The highest BCUT2D eigenvalue weighted by atomic mass is 32.1. The van der Waals surface area contributed by atoms with E-state index in [0.29, 0.717) is 28.7 Å². The van der Waals surface area contributed by atoms with Crippen LogP contribution in [-0.4, -0.2) is 69.4 Å². The summed E-state index contributed by atoms with van der Waals surface area (Å²) in [4.78, 5) is 22.7. The van der Waals surface area contributed by atoms with Gasteiger partial charge in [-0.1, -0.05) is 23.5 Å². The van der Waals surface area contributed by atoms with E-state index in [-0.39, 0.29) is 5.91 Å². The minimum absolute atomic E-state index is 0.110. The number of nitrogens with zero attached hydrogens (tertiary/aromatic N) is 3. The molecular weight excluding hydrogens is 426 g/mol. The minimum atomic E-state index is -0.110. The van der Waals surface area contributed by atoms with Gasteiger partial charge in [-0.15, -0.1) is 0 Å². The number of thiazole rings is 1. The van der Waals surface area contributed by atoms with Gasteiger partial charge in [-0.05, 0) is 37.1 Å². The fourth-order valence-corrected chi connectivity index (χ4v) is 4.91. The van der Waals surface area contributed by atoms with Crippen LogP contribution >= 0.6 is 11.3 Å². The molecule has 0 radical (unpaired) electrons. The lowest BCUT2D eigenvalue weighted by atomic mass is 10.1. The van der Waals surface area contributed by atoms with Crippen molar-refractivity contribution in [3.63, 3.8) is 0 Å². The Labute approximate surface area is 192 Å². The topological polar surface area (TPSA) is 64.1 Å². The summed E-state index contributed by atoms with van der Waals surface area (Å²) >= 11 is 1.55. The van der Waals surface area contributed by atoms with Crippen LogP contribution in [0.3, 0.4) is 0 Å². The molecule has 0 aliphatic carbocycles. The van der Waals surface area contributed by atoms with Gasteiger partial charge >= 0.3 is 0 Å². The Morgan fingerprint density at radius 1 is 1.16 bits per heavy atom. The van der Waals surface area contributed by atoms with Crippen LogP contribution in [0.4, 0.5) is 5.13 Å². The number of aromatic nitrogens is 1. The molecule has 1 aliphatic heterocycles. The molecule has 1 amide bonds. The summed E-state index contributed by atoms with van der Waals surface area (Å²) in [5.41, 5.74) is 2.57. The van der Waals surface area contributed by atoms with E-state index in [9.17, 15) is 4.79 Å². The van der Waals surface area contributed by atoms with Crippen molar-refractivity contribution >= 4 is 32.6 Å². The summed E-state index contributed by atoms with van der Waals surface area (Å²) in [5.74, 6) is 1.06. The number of amides is 1. The number of hydrogen-bond donors (Lipinski definition) is 0. The molecular formula is C24H29N3O4S. The zero-order chi connectivity index (χ0) is 22.5. The van der Waals surface area contributed by atoms with Crippen LogP contribution in [0.2, 0.25) is 0 Å². The molecule has 2 heterocycles. The highest BCUT2D eigenvalue weighted by Gasteiger charge is 2.23. The summed E-state index contributed by atoms with van der Waals surface area (Å²) in [6.07, 6.45) is 0.849. The zero-order valence-electron chi connectivity index (χ0n) is 18.8. The van der Waals surface area contributed by atoms with Gasteiger partial charge in [-0.25, -0.2) is 4.98 Å². The van der Waals surface area contributed by atoms with Gasteiger partial charge in [0.2, 0.25) is 0 Å². The van der Waals surface area contributed by atoms with E-state index in [0.717, 1.165) is 55.0 Å². The number of benzene rings is 2. The zero-order valence-corrected chi connectivity index (χ0v) is 19.6.